The molecule has 4 heteroatoms. The molecule has 0 radical (unpaired) electrons. The summed E-state index contributed by atoms with van der Waals surface area (Å²) in [6.07, 6.45) is 3.20. The molecule has 0 saturated heterocycles. The van der Waals surface area contributed by atoms with Crippen LogP contribution in [0.4, 0.5) is 13.2 Å². The second-order valence-electron chi connectivity index (χ2n) is 2.47. The fraction of sp³-hybridized carbons (Fsp3) is 0.500. The Bertz CT molecular complexity index is 237. The largest absolute Gasteiger partial charge is 0.572 e. The van der Waals surface area contributed by atoms with Gasteiger partial charge in [0.25, 0.3) is 0 Å². The van der Waals surface area contributed by atoms with Crippen LogP contribution in [0.1, 0.15) is 34.1 Å². The molecular weight excluding hydrogens is 217 g/mol. The Hall–Kier alpha value is -1.19. The van der Waals surface area contributed by atoms with Crippen molar-refractivity contribution in [3.8, 4) is 0 Å². The average molecular weight is 236 g/mol. The highest BCUT2D eigenvalue weighted by Crippen LogP contribution is 2.16. The lowest BCUT2D eigenvalue weighted by atomic mass is 10.2. The molecule has 0 spiro atoms. The lowest BCUT2D eigenvalue weighted by molar-refractivity contribution is -0.298. The monoisotopic (exact) mass is 236 g/mol. The third kappa shape index (κ3) is 12.8. The number of rotatable bonds is 4. The Morgan fingerprint density at radius 1 is 1.19 bits per heavy atom. The van der Waals surface area contributed by atoms with E-state index in [0.717, 1.165) is 12.0 Å². The van der Waals surface area contributed by atoms with Crippen molar-refractivity contribution in [1.82, 2.24) is 0 Å². The van der Waals surface area contributed by atoms with Gasteiger partial charge in [-0.15, -0.1) is 13.2 Å². The number of halogens is 3. The molecule has 0 rings (SSSR count). The van der Waals surface area contributed by atoms with Crippen LogP contribution in [-0.2, 0) is 4.74 Å². The minimum absolute atomic E-state index is 0.611. The maximum absolute atomic E-state index is 11.5. The van der Waals surface area contributed by atoms with E-state index in [9.17, 15) is 13.2 Å². The van der Waals surface area contributed by atoms with Crippen molar-refractivity contribution in [2.45, 2.75) is 40.5 Å². The van der Waals surface area contributed by atoms with Crippen LogP contribution in [0.5, 0.6) is 0 Å². The van der Waals surface area contributed by atoms with Crippen molar-refractivity contribution in [3.63, 3.8) is 0 Å². The minimum Gasteiger partial charge on any atom is -0.414 e. The van der Waals surface area contributed by atoms with E-state index in [4.69, 9.17) is 0 Å². The van der Waals surface area contributed by atoms with Gasteiger partial charge in [-0.25, -0.2) is 0 Å². The lowest BCUT2D eigenvalue weighted by Gasteiger charge is -2.01. The summed E-state index contributed by atoms with van der Waals surface area (Å²) in [5, 5.41) is 0. The molecule has 0 fully saturated rings. The van der Waals surface area contributed by atoms with Crippen LogP contribution in [0.2, 0.25) is 0 Å². The molecule has 0 aliphatic carbocycles. The third-order valence-electron chi connectivity index (χ3n) is 1.48. The van der Waals surface area contributed by atoms with Crippen molar-refractivity contribution in [2.75, 3.05) is 0 Å². The summed E-state index contributed by atoms with van der Waals surface area (Å²) in [6.45, 7) is 7.84. The minimum atomic E-state index is -4.60. The van der Waals surface area contributed by atoms with Gasteiger partial charge in [-0.2, -0.15) is 0 Å². The van der Waals surface area contributed by atoms with Crippen molar-refractivity contribution < 1.29 is 17.9 Å². The first-order valence-corrected chi connectivity index (χ1v) is 5.22. The van der Waals surface area contributed by atoms with Crippen LogP contribution in [-0.4, -0.2) is 6.36 Å². The molecule has 0 aromatic heterocycles. The van der Waals surface area contributed by atoms with Crippen LogP contribution >= 0.6 is 0 Å². The zero-order valence-electron chi connectivity index (χ0n) is 10.1. The summed E-state index contributed by atoms with van der Waals surface area (Å²) in [5.74, 6) is 0. The van der Waals surface area contributed by atoms with Crippen molar-refractivity contribution >= 4 is 0 Å². The average Bonchev–Trinajstić information content (AvgIpc) is 2.25. The number of ether oxygens (including phenoxy) is 1. The topological polar surface area (TPSA) is 9.23 Å². The summed E-state index contributed by atoms with van der Waals surface area (Å²) in [6, 6.07) is 0. The molecule has 0 heterocycles. The quantitative estimate of drug-likeness (QED) is 0.494. The van der Waals surface area contributed by atoms with Gasteiger partial charge in [-0.3, -0.25) is 0 Å². The molecule has 0 aromatic rings. The van der Waals surface area contributed by atoms with E-state index in [1.807, 2.05) is 33.8 Å². The lowest BCUT2D eigenvalue weighted by Crippen LogP contribution is -2.08. The van der Waals surface area contributed by atoms with Gasteiger partial charge in [-0.05, 0) is 19.4 Å². The Labute approximate surface area is 95.3 Å². The number of hydrogen-bond donors (Lipinski definition) is 0. The molecule has 0 unspecified atom stereocenters. The van der Waals surface area contributed by atoms with Gasteiger partial charge in [-0.1, -0.05) is 44.6 Å². The highest BCUT2D eigenvalue weighted by atomic mass is 19.4. The zero-order valence-corrected chi connectivity index (χ0v) is 10.1. The molecule has 1 nitrogen and oxygen atoms in total. The van der Waals surface area contributed by atoms with E-state index in [1.165, 1.54) is 12.2 Å². The maximum atomic E-state index is 11.5. The van der Waals surface area contributed by atoms with E-state index in [2.05, 4.69) is 4.74 Å². The SMILES string of the molecule is CC.C\C=C(/C=C\C=C\OC(F)(F)F)CC. The molecule has 94 valence electrons. The fourth-order valence-electron chi connectivity index (χ4n) is 0.759. The summed E-state index contributed by atoms with van der Waals surface area (Å²) < 4.78 is 37.8. The third-order valence-corrected chi connectivity index (χ3v) is 1.48. The first-order chi connectivity index (χ1) is 7.49. The van der Waals surface area contributed by atoms with Gasteiger partial charge in [0, 0.05) is 0 Å². The molecule has 0 aliphatic heterocycles. The van der Waals surface area contributed by atoms with Gasteiger partial charge < -0.3 is 4.74 Å². The van der Waals surface area contributed by atoms with Gasteiger partial charge >= 0.3 is 6.36 Å². The Morgan fingerprint density at radius 2 is 1.75 bits per heavy atom. The van der Waals surface area contributed by atoms with E-state index in [-0.39, 0.29) is 0 Å². The second-order valence-corrected chi connectivity index (χ2v) is 2.47. The predicted molar refractivity (Wildman–Crippen MR) is 60.8 cm³/mol. The summed E-state index contributed by atoms with van der Waals surface area (Å²) in [5.41, 5.74) is 1.06. The number of allylic oxidation sites excluding steroid dienone is 5. The van der Waals surface area contributed by atoms with Crippen LogP contribution in [0.15, 0.2) is 36.1 Å². The smallest absolute Gasteiger partial charge is 0.414 e. The molecule has 0 saturated carbocycles. The summed E-state index contributed by atoms with van der Waals surface area (Å²) in [4.78, 5) is 0. The van der Waals surface area contributed by atoms with Crippen molar-refractivity contribution in [2.24, 2.45) is 0 Å². The zero-order chi connectivity index (χ0) is 13.0. The summed E-state index contributed by atoms with van der Waals surface area (Å²) in [7, 11) is 0. The molecule has 0 N–H and O–H groups in total. The number of hydrogen-bond acceptors (Lipinski definition) is 1. The second kappa shape index (κ2) is 10.3. The van der Waals surface area contributed by atoms with Crippen LogP contribution in [0, 0.1) is 0 Å². The number of alkyl halides is 3. The normalized spacial score (nSPS) is 12.8. The van der Waals surface area contributed by atoms with Gasteiger partial charge in [0.1, 0.15) is 0 Å². The molecule has 0 bridgehead atoms. The van der Waals surface area contributed by atoms with E-state index in [1.54, 1.807) is 6.08 Å². The Morgan fingerprint density at radius 3 is 2.12 bits per heavy atom. The van der Waals surface area contributed by atoms with E-state index < -0.39 is 6.36 Å². The highest BCUT2D eigenvalue weighted by Gasteiger charge is 2.28. The van der Waals surface area contributed by atoms with Crippen molar-refractivity contribution in [3.05, 3.63) is 36.1 Å². The van der Waals surface area contributed by atoms with E-state index >= 15 is 0 Å². The molecule has 0 atom stereocenters. The van der Waals surface area contributed by atoms with Crippen LogP contribution in [0.3, 0.4) is 0 Å². The fourth-order valence-corrected chi connectivity index (χ4v) is 0.759. The van der Waals surface area contributed by atoms with Crippen LogP contribution in [0.25, 0.3) is 0 Å². The molecular formula is C12H19F3O. The molecule has 16 heavy (non-hydrogen) atoms. The van der Waals surface area contributed by atoms with Crippen LogP contribution < -0.4 is 0 Å². The first-order valence-electron chi connectivity index (χ1n) is 5.22. The standard InChI is InChI=1S/C10H13F3O.C2H6/c1-3-9(4-2)7-5-6-8-14-10(11,12)13;1-2/h3,5-8H,4H2,1-2H3;1-2H3/b7-5-,8-6+,9-3-;. The first kappa shape index (κ1) is 17.2. The predicted octanol–water partition coefficient (Wildman–Crippen LogP) is 4.98. The molecule has 0 amide bonds. The van der Waals surface area contributed by atoms with Crippen molar-refractivity contribution in [1.29, 1.82) is 0 Å². The van der Waals surface area contributed by atoms with Gasteiger partial charge in [0.2, 0.25) is 0 Å². The molecule has 0 aliphatic rings. The van der Waals surface area contributed by atoms with Gasteiger partial charge in [0.15, 0.2) is 0 Å². The summed E-state index contributed by atoms with van der Waals surface area (Å²) >= 11 is 0. The Kier molecular flexibility index (Phi) is 11.1. The van der Waals surface area contributed by atoms with Gasteiger partial charge in [0.05, 0.1) is 6.26 Å². The Balaban J connectivity index is 0. The highest BCUT2D eigenvalue weighted by molar-refractivity contribution is 5.20. The maximum Gasteiger partial charge on any atom is 0.572 e. The molecule has 0 aromatic carbocycles. The van der Waals surface area contributed by atoms with E-state index in [0.29, 0.717) is 6.26 Å².